The zero-order chi connectivity index (χ0) is 13.8. The highest BCUT2D eigenvalue weighted by molar-refractivity contribution is 5.55. The summed E-state index contributed by atoms with van der Waals surface area (Å²) in [7, 11) is 4.02. The SMILES string of the molecule is CNC(C)c1c(F)cccc1N1CCCN(C)CC1. The fraction of sp³-hybridized carbons (Fsp3) is 0.600. The molecule has 1 atom stereocenters. The van der Waals surface area contributed by atoms with Crippen molar-refractivity contribution in [1.82, 2.24) is 10.2 Å². The summed E-state index contributed by atoms with van der Waals surface area (Å²) in [5, 5.41) is 3.15. The summed E-state index contributed by atoms with van der Waals surface area (Å²) >= 11 is 0. The molecular formula is C15H24FN3. The Balaban J connectivity index is 2.30. The Labute approximate surface area is 115 Å². The van der Waals surface area contributed by atoms with Gasteiger partial charge in [-0.05, 0) is 46.1 Å². The number of nitrogens with zero attached hydrogens (tertiary/aromatic N) is 2. The third-order valence-electron chi connectivity index (χ3n) is 3.96. The lowest BCUT2D eigenvalue weighted by Gasteiger charge is -2.28. The van der Waals surface area contributed by atoms with Crippen molar-refractivity contribution in [3.8, 4) is 0 Å². The van der Waals surface area contributed by atoms with Crippen molar-refractivity contribution in [3.63, 3.8) is 0 Å². The summed E-state index contributed by atoms with van der Waals surface area (Å²) in [6.45, 7) is 6.11. The molecule has 0 radical (unpaired) electrons. The summed E-state index contributed by atoms with van der Waals surface area (Å²) in [5.41, 5.74) is 1.83. The maximum Gasteiger partial charge on any atom is 0.130 e. The molecule has 106 valence electrons. The molecule has 0 bridgehead atoms. The van der Waals surface area contributed by atoms with Gasteiger partial charge >= 0.3 is 0 Å². The maximum absolute atomic E-state index is 14.1. The molecule has 1 fully saturated rings. The Kier molecular flexibility index (Phi) is 4.77. The first-order chi connectivity index (χ1) is 9.13. The summed E-state index contributed by atoms with van der Waals surface area (Å²) in [5.74, 6) is -0.114. The molecule has 0 aromatic heterocycles. The van der Waals surface area contributed by atoms with Gasteiger partial charge in [0, 0.05) is 36.9 Å². The molecule has 1 N–H and O–H groups in total. The topological polar surface area (TPSA) is 18.5 Å². The lowest BCUT2D eigenvalue weighted by Crippen LogP contribution is -2.30. The molecule has 1 aromatic rings. The second-order valence-corrected chi connectivity index (χ2v) is 5.33. The van der Waals surface area contributed by atoms with Gasteiger partial charge in [0.25, 0.3) is 0 Å². The summed E-state index contributed by atoms with van der Waals surface area (Å²) in [4.78, 5) is 4.65. The van der Waals surface area contributed by atoms with Gasteiger partial charge in [0.1, 0.15) is 5.82 Å². The molecule has 1 aliphatic rings. The Bertz CT molecular complexity index is 422. The summed E-state index contributed by atoms with van der Waals surface area (Å²) < 4.78 is 14.1. The van der Waals surface area contributed by atoms with Gasteiger partial charge in [0.05, 0.1) is 0 Å². The van der Waals surface area contributed by atoms with E-state index in [0.717, 1.165) is 43.9 Å². The van der Waals surface area contributed by atoms with Gasteiger partial charge in [-0.15, -0.1) is 0 Å². The average Bonchev–Trinajstić information content (AvgIpc) is 2.62. The lowest BCUT2D eigenvalue weighted by atomic mass is 10.0. The van der Waals surface area contributed by atoms with Crippen LogP contribution in [0, 0.1) is 5.82 Å². The lowest BCUT2D eigenvalue weighted by molar-refractivity contribution is 0.360. The third-order valence-corrected chi connectivity index (χ3v) is 3.96. The van der Waals surface area contributed by atoms with E-state index in [1.807, 2.05) is 26.1 Å². The first-order valence-electron chi connectivity index (χ1n) is 7.02. The van der Waals surface area contributed by atoms with Crippen LogP contribution in [0.15, 0.2) is 18.2 Å². The highest BCUT2D eigenvalue weighted by Gasteiger charge is 2.20. The van der Waals surface area contributed by atoms with Crippen LogP contribution >= 0.6 is 0 Å². The molecule has 0 saturated carbocycles. The van der Waals surface area contributed by atoms with Crippen molar-refractivity contribution in [2.45, 2.75) is 19.4 Å². The van der Waals surface area contributed by atoms with Crippen molar-refractivity contribution in [3.05, 3.63) is 29.6 Å². The van der Waals surface area contributed by atoms with Crippen LogP contribution in [0.1, 0.15) is 24.9 Å². The second kappa shape index (κ2) is 6.35. The average molecular weight is 265 g/mol. The predicted octanol–water partition coefficient (Wildman–Crippen LogP) is 2.25. The number of hydrogen-bond donors (Lipinski definition) is 1. The molecule has 0 amide bonds. The van der Waals surface area contributed by atoms with Gasteiger partial charge in [0.2, 0.25) is 0 Å². The molecular weight excluding hydrogens is 241 g/mol. The van der Waals surface area contributed by atoms with Crippen molar-refractivity contribution in [2.24, 2.45) is 0 Å². The predicted molar refractivity (Wildman–Crippen MR) is 78.2 cm³/mol. The summed E-state index contributed by atoms with van der Waals surface area (Å²) in [6, 6.07) is 5.43. The number of anilines is 1. The normalized spacial score (nSPS) is 19.3. The fourth-order valence-corrected chi connectivity index (χ4v) is 2.66. The van der Waals surface area contributed by atoms with Crippen molar-refractivity contribution >= 4 is 5.69 Å². The van der Waals surface area contributed by atoms with Gasteiger partial charge in [-0.25, -0.2) is 4.39 Å². The Hall–Kier alpha value is -1.13. The largest absolute Gasteiger partial charge is 0.370 e. The van der Waals surface area contributed by atoms with Crippen molar-refractivity contribution < 1.29 is 4.39 Å². The van der Waals surface area contributed by atoms with Crippen molar-refractivity contribution in [2.75, 3.05) is 45.2 Å². The quantitative estimate of drug-likeness (QED) is 0.904. The van der Waals surface area contributed by atoms with Crippen LogP contribution in [0.3, 0.4) is 0 Å². The Morgan fingerprint density at radius 2 is 2.00 bits per heavy atom. The zero-order valence-electron chi connectivity index (χ0n) is 12.1. The maximum atomic E-state index is 14.1. The number of halogens is 1. The van der Waals surface area contributed by atoms with Gasteiger partial charge < -0.3 is 15.1 Å². The van der Waals surface area contributed by atoms with Crippen LogP contribution in [0.2, 0.25) is 0 Å². The van der Waals surface area contributed by atoms with Crippen LogP contribution in [0.5, 0.6) is 0 Å². The molecule has 1 aliphatic heterocycles. The van der Waals surface area contributed by atoms with E-state index in [2.05, 4.69) is 22.2 Å². The monoisotopic (exact) mass is 265 g/mol. The first kappa shape index (κ1) is 14.3. The van der Waals surface area contributed by atoms with E-state index in [0.29, 0.717) is 0 Å². The van der Waals surface area contributed by atoms with Crippen LogP contribution in [0.25, 0.3) is 0 Å². The van der Waals surface area contributed by atoms with E-state index in [1.54, 1.807) is 6.07 Å². The second-order valence-electron chi connectivity index (χ2n) is 5.33. The minimum Gasteiger partial charge on any atom is -0.370 e. The molecule has 1 saturated heterocycles. The number of likely N-dealkylation sites (N-methyl/N-ethyl adjacent to an activating group) is 1. The summed E-state index contributed by atoms with van der Waals surface area (Å²) in [6.07, 6.45) is 1.13. The van der Waals surface area contributed by atoms with Crippen LogP contribution in [-0.4, -0.2) is 45.2 Å². The van der Waals surface area contributed by atoms with Crippen LogP contribution < -0.4 is 10.2 Å². The standard InChI is InChI=1S/C15H24FN3/c1-12(17-2)15-13(16)6-4-7-14(15)19-9-5-8-18(3)10-11-19/h4,6-7,12,17H,5,8-11H2,1-3H3. The van der Waals surface area contributed by atoms with Gasteiger partial charge in [0.15, 0.2) is 0 Å². The Morgan fingerprint density at radius 3 is 2.74 bits per heavy atom. The van der Waals surface area contributed by atoms with E-state index in [1.165, 1.54) is 0 Å². The molecule has 19 heavy (non-hydrogen) atoms. The van der Waals surface area contributed by atoms with Crippen LogP contribution in [-0.2, 0) is 0 Å². The minimum atomic E-state index is -0.114. The van der Waals surface area contributed by atoms with E-state index >= 15 is 0 Å². The number of nitrogens with one attached hydrogen (secondary N) is 1. The molecule has 1 aromatic carbocycles. The first-order valence-corrected chi connectivity index (χ1v) is 7.02. The van der Waals surface area contributed by atoms with Gasteiger partial charge in [-0.2, -0.15) is 0 Å². The van der Waals surface area contributed by atoms with Gasteiger partial charge in [-0.3, -0.25) is 0 Å². The van der Waals surface area contributed by atoms with E-state index in [9.17, 15) is 4.39 Å². The third kappa shape index (κ3) is 3.25. The minimum absolute atomic E-state index is 0.0252. The molecule has 4 heteroatoms. The van der Waals surface area contributed by atoms with E-state index < -0.39 is 0 Å². The van der Waals surface area contributed by atoms with Gasteiger partial charge in [-0.1, -0.05) is 6.07 Å². The van der Waals surface area contributed by atoms with Crippen LogP contribution in [0.4, 0.5) is 10.1 Å². The number of rotatable bonds is 3. The fourth-order valence-electron chi connectivity index (χ4n) is 2.66. The smallest absolute Gasteiger partial charge is 0.130 e. The molecule has 1 unspecified atom stereocenters. The molecule has 2 rings (SSSR count). The number of benzene rings is 1. The Morgan fingerprint density at radius 1 is 1.21 bits per heavy atom. The van der Waals surface area contributed by atoms with E-state index in [-0.39, 0.29) is 11.9 Å². The molecule has 0 spiro atoms. The van der Waals surface area contributed by atoms with Crippen molar-refractivity contribution in [1.29, 1.82) is 0 Å². The zero-order valence-corrected chi connectivity index (χ0v) is 12.1. The molecule has 1 heterocycles. The highest BCUT2D eigenvalue weighted by atomic mass is 19.1. The molecule has 0 aliphatic carbocycles. The highest BCUT2D eigenvalue weighted by Crippen LogP contribution is 2.29. The molecule has 3 nitrogen and oxygen atoms in total. The van der Waals surface area contributed by atoms with E-state index in [4.69, 9.17) is 0 Å². The number of hydrogen-bond acceptors (Lipinski definition) is 3.